The number of nitrogens with one attached hydrogen (secondary N) is 2. The summed E-state index contributed by atoms with van der Waals surface area (Å²) in [5.74, 6) is 0.498. The summed E-state index contributed by atoms with van der Waals surface area (Å²) in [6, 6.07) is 15.7. The fourth-order valence-electron chi connectivity index (χ4n) is 2.14. The molecule has 1 heterocycles. The van der Waals surface area contributed by atoms with E-state index in [1.165, 1.54) is 0 Å². The van der Waals surface area contributed by atoms with Crippen LogP contribution in [0.4, 0.5) is 16.4 Å². The monoisotopic (exact) mass is 325 g/mol. The number of aromatic hydroxyl groups is 1. The van der Waals surface area contributed by atoms with Gasteiger partial charge in [0.25, 0.3) is 6.20 Å². The molecule has 0 saturated carbocycles. The smallest absolute Gasteiger partial charge is 0.326 e. The van der Waals surface area contributed by atoms with Gasteiger partial charge in [-0.05, 0) is 29.8 Å². The molecule has 3 N–H and O–H groups in total. The van der Waals surface area contributed by atoms with Crippen LogP contribution in [-0.2, 0) is 13.0 Å². The number of aryl methyl sites for hydroxylation is 2. The van der Waals surface area contributed by atoms with Crippen molar-refractivity contribution < 1.29 is 19.1 Å². The molecule has 0 aliphatic heterocycles. The summed E-state index contributed by atoms with van der Waals surface area (Å²) in [7, 11) is 0. The fraction of sp³-hybridized carbons (Fsp3) is 0.118. The van der Waals surface area contributed by atoms with Crippen molar-refractivity contribution in [3.63, 3.8) is 0 Å². The third kappa shape index (κ3) is 4.33. The lowest BCUT2D eigenvalue weighted by Gasteiger charge is -2.02. The van der Waals surface area contributed by atoms with E-state index in [9.17, 15) is 9.90 Å². The molecule has 0 atom stereocenters. The Morgan fingerprint density at radius 3 is 2.58 bits per heavy atom. The van der Waals surface area contributed by atoms with Gasteiger partial charge in [-0.15, -0.1) is 0 Å². The van der Waals surface area contributed by atoms with E-state index in [2.05, 4.69) is 15.9 Å². The van der Waals surface area contributed by atoms with Crippen LogP contribution >= 0.6 is 0 Å². The lowest BCUT2D eigenvalue weighted by molar-refractivity contribution is -0.761. The Balaban J connectivity index is 1.51. The van der Waals surface area contributed by atoms with Gasteiger partial charge in [-0.2, -0.15) is 0 Å². The Morgan fingerprint density at radius 2 is 1.83 bits per heavy atom. The van der Waals surface area contributed by atoms with Crippen molar-refractivity contribution in [3.05, 3.63) is 66.4 Å². The fourth-order valence-corrected chi connectivity index (χ4v) is 2.14. The predicted molar refractivity (Wildman–Crippen MR) is 87.6 cm³/mol. The first-order valence-corrected chi connectivity index (χ1v) is 7.46. The largest absolute Gasteiger partial charge is 0.508 e. The van der Waals surface area contributed by atoms with E-state index in [-0.39, 0.29) is 11.6 Å². The Morgan fingerprint density at radius 1 is 1.08 bits per heavy atom. The van der Waals surface area contributed by atoms with Gasteiger partial charge >= 0.3 is 11.9 Å². The SMILES string of the molecule is O=C(Nc1ccccc1)Nc1c[n+](CCc2ccc(O)cc2)no1. The molecule has 2 amide bonds. The molecule has 3 rings (SSSR count). The van der Waals surface area contributed by atoms with E-state index in [0.717, 1.165) is 12.0 Å². The molecule has 2 aromatic carbocycles. The highest BCUT2D eigenvalue weighted by molar-refractivity contribution is 5.98. The third-order valence-corrected chi connectivity index (χ3v) is 3.34. The quantitative estimate of drug-likeness (QED) is 0.629. The zero-order valence-corrected chi connectivity index (χ0v) is 12.8. The van der Waals surface area contributed by atoms with E-state index < -0.39 is 6.03 Å². The van der Waals surface area contributed by atoms with Crippen LogP contribution in [0.2, 0.25) is 0 Å². The molecule has 1 aromatic heterocycles. The van der Waals surface area contributed by atoms with Gasteiger partial charge in [0.15, 0.2) is 6.54 Å². The summed E-state index contributed by atoms with van der Waals surface area (Å²) in [6.07, 6.45) is 2.35. The first kappa shape index (κ1) is 15.5. The lowest BCUT2D eigenvalue weighted by atomic mass is 10.1. The van der Waals surface area contributed by atoms with Crippen LogP contribution in [0.5, 0.6) is 5.75 Å². The number of aromatic nitrogens is 2. The number of rotatable bonds is 5. The second-order valence-electron chi connectivity index (χ2n) is 5.19. The van der Waals surface area contributed by atoms with E-state index in [1.54, 1.807) is 35.1 Å². The second kappa shape index (κ2) is 7.28. The molecule has 0 fully saturated rings. The highest BCUT2D eigenvalue weighted by Crippen LogP contribution is 2.10. The van der Waals surface area contributed by atoms with E-state index in [4.69, 9.17) is 4.52 Å². The number of phenols is 1. The summed E-state index contributed by atoms with van der Waals surface area (Å²) in [4.78, 5) is 11.9. The molecule has 7 heteroatoms. The van der Waals surface area contributed by atoms with Crippen LogP contribution in [0.1, 0.15) is 5.56 Å². The topological polar surface area (TPSA) is 91.3 Å². The lowest BCUT2D eigenvalue weighted by Crippen LogP contribution is -2.35. The van der Waals surface area contributed by atoms with Crippen LogP contribution < -0.4 is 15.3 Å². The van der Waals surface area contributed by atoms with E-state index >= 15 is 0 Å². The number of benzene rings is 2. The molecule has 0 aliphatic rings. The molecule has 7 nitrogen and oxygen atoms in total. The van der Waals surface area contributed by atoms with Crippen molar-refractivity contribution in [1.29, 1.82) is 0 Å². The van der Waals surface area contributed by atoms with Crippen LogP contribution in [-0.4, -0.2) is 16.4 Å². The zero-order chi connectivity index (χ0) is 16.8. The Labute approximate surface area is 138 Å². The van der Waals surface area contributed by atoms with Gasteiger partial charge in [-0.1, -0.05) is 35.0 Å². The number of carbonyl (C=O) groups is 1. The second-order valence-corrected chi connectivity index (χ2v) is 5.19. The van der Waals surface area contributed by atoms with E-state index in [0.29, 0.717) is 12.2 Å². The van der Waals surface area contributed by atoms with Crippen molar-refractivity contribution in [2.24, 2.45) is 0 Å². The Kier molecular flexibility index (Phi) is 4.71. The van der Waals surface area contributed by atoms with Crippen molar-refractivity contribution in [2.75, 3.05) is 10.6 Å². The predicted octanol–water partition coefficient (Wildman–Crippen LogP) is 2.55. The van der Waals surface area contributed by atoms with Gasteiger partial charge in [0.1, 0.15) is 5.75 Å². The minimum absolute atomic E-state index is 0.240. The van der Waals surface area contributed by atoms with Crippen LogP contribution in [0, 0.1) is 0 Å². The maximum Gasteiger partial charge on any atom is 0.326 e. The average Bonchev–Trinajstić information content (AvgIpc) is 3.02. The van der Waals surface area contributed by atoms with E-state index in [1.807, 2.05) is 30.3 Å². The standard InChI is InChI=1S/C17H16N4O3/c22-15-8-6-13(7-9-15)10-11-21-12-16(24-20-21)19-17(23)18-14-4-2-1-3-5-14/h1-9,12H,10-11H2,(H2-,18,19,20,22,23)/p+1. The van der Waals surface area contributed by atoms with Gasteiger partial charge in [0, 0.05) is 12.1 Å². The molecule has 0 spiro atoms. The van der Waals surface area contributed by atoms with Crippen molar-refractivity contribution >= 4 is 17.6 Å². The van der Waals surface area contributed by atoms with Gasteiger partial charge in [0.2, 0.25) is 5.27 Å². The van der Waals surface area contributed by atoms with Gasteiger partial charge < -0.3 is 10.4 Å². The van der Waals surface area contributed by atoms with Crippen molar-refractivity contribution in [1.82, 2.24) is 5.27 Å². The number of urea groups is 1. The molecule has 24 heavy (non-hydrogen) atoms. The Bertz CT molecular complexity index is 800. The van der Waals surface area contributed by atoms with Gasteiger partial charge in [-0.3, -0.25) is 9.84 Å². The maximum absolute atomic E-state index is 11.9. The molecule has 0 unspecified atom stereocenters. The first-order valence-electron chi connectivity index (χ1n) is 7.46. The van der Waals surface area contributed by atoms with Gasteiger partial charge in [-0.25, -0.2) is 4.79 Å². The summed E-state index contributed by atoms with van der Waals surface area (Å²) in [5, 5.41) is 18.4. The third-order valence-electron chi connectivity index (χ3n) is 3.34. The summed E-state index contributed by atoms with van der Waals surface area (Å²) < 4.78 is 6.68. The van der Waals surface area contributed by atoms with Crippen LogP contribution in [0.3, 0.4) is 0 Å². The van der Waals surface area contributed by atoms with Gasteiger partial charge in [0.05, 0.1) is 0 Å². The number of nitrogens with zero attached hydrogens (tertiary/aromatic N) is 2. The van der Waals surface area contributed by atoms with Crippen molar-refractivity contribution in [3.8, 4) is 5.75 Å². The molecule has 0 bridgehead atoms. The summed E-state index contributed by atoms with van der Waals surface area (Å²) >= 11 is 0. The molecule has 0 aliphatic carbocycles. The Hall–Kier alpha value is -3.35. The average molecular weight is 325 g/mol. The minimum atomic E-state index is -0.400. The minimum Gasteiger partial charge on any atom is -0.508 e. The number of carbonyl (C=O) groups excluding carboxylic acids is 1. The first-order chi connectivity index (χ1) is 11.7. The van der Waals surface area contributed by atoms with Crippen LogP contribution in [0.15, 0.2) is 65.3 Å². The summed E-state index contributed by atoms with van der Waals surface area (Å²) in [5.41, 5.74) is 1.76. The summed E-state index contributed by atoms with van der Waals surface area (Å²) in [6.45, 7) is 0.594. The number of hydrogen-bond donors (Lipinski definition) is 3. The number of anilines is 2. The molecule has 122 valence electrons. The number of phenolic OH excluding ortho intramolecular Hbond substituents is 1. The number of amides is 2. The van der Waals surface area contributed by atoms with Crippen molar-refractivity contribution in [2.45, 2.75) is 13.0 Å². The number of para-hydroxylation sites is 1. The normalized spacial score (nSPS) is 10.3. The molecular formula is C17H17N4O3+. The highest BCUT2D eigenvalue weighted by atomic mass is 16.5. The highest BCUT2D eigenvalue weighted by Gasteiger charge is 2.14. The molecule has 3 aromatic rings. The molecular weight excluding hydrogens is 308 g/mol. The van der Waals surface area contributed by atoms with Crippen LogP contribution in [0.25, 0.3) is 0 Å². The number of hydrogen-bond acceptors (Lipinski definition) is 4. The molecule has 0 radical (unpaired) electrons. The maximum atomic E-state index is 11.9. The molecule has 0 saturated heterocycles. The zero-order valence-electron chi connectivity index (χ0n) is 12.8.